The Morgan fingerprint density at radius 2 is 2.00 bits per heavy atom. The molecular weight excluding hydrogens is 274 g/mol. The standard InChI is InChI=1S/C15H14ClN3O/c1-9-18-13-7-10(17)3-6-14(13)19(9)15-8-11(20-2)4-5-12(15)16/h3-8H,17H2,1-2H3. The third kappa shape index (κ3) is 1.98. The summed E-state index contributed by atoms with van der Waals surface area (Å²) >= 11 is 6.32. The van der Waals surface area contributed by atoms with Gasteiger partial charge in [-0.1, -0.05) is 11.6 Å². The second-order valence-corrected chi connectivity index (χ2v) is 4.97. The highest BCUT2D eigenvalue weighted by atomic mass is 35.5. The molecule has 20 heavy (non-hydrogen) atoms. The molecule has 0 radical (unpaired) electrons. The van der Waals surface area contributed by atoms with Crippen LogP contribution in [0.25, 0.3) is 16.7 Å². The fourth-order valence-electron chi connectivity index (χ4n) is 2.31. The molecule has 0 unspecified atom stereocenters. The Morgan fingerprint density at radius 1 is 1.20 bits per heavy atom. The zero-order chi connectivity index (χ0) is 14.3. The van der Waals surface area contributed by atoms with E-state index in [4.69, 9.17) is 22.1 Å². The first-order valence-corrected chi connectivity index (χ1v) is 6.56. The first-order valence-electron chi connectivity index (χ1n) is 6.18. The van der Waals surface area contributed by atoms with E-state index >= 15 is 0 Å². The predicted molar refractivity (Wildman–Crippen MR) is 81.8 cm³/mol. The predicted octanol–water partition coefficient (Wildman–Crippen LogP) is 3.58. The molecule has 1 heterocycles. The van der Waals surface area contributed by atoms with E-state index in [1.54, 1.807) is 7.11 Å². The number of nitrogens with two attached hydrogens (primary N) is 1. The molecule has 3 rings (SSSR count). The van der Waals surface area contributed by atoms with Crippen molar-refractivity contribution in [2.75, 3.05) is 12.8 Å². The Balaban J connectivity index is 2.31. The Hall–Kier alpha value is -2.20. The minimum absolute atomic E-state index is 0.644. The van der Waals surface area contributed by atoms with Gasteiger partial charge in [-0.15, -0.1) is 0 Å². The van der Waals surface area contributed by atoms with Crippen LogP contribution >= 0.6 is 11.6 Å². The highest BCUT2D eigenvalue weighted by molar-refractivity contribution is 6.32. The van der Waals surface area contributed by atoms with Crippen LogP contribution in [0.15, 0.2) is 36.4 Å². The van der Waals surface area contributed by atoms with Gasteiger partial charge in [-0.2, -0.15) is 0 Å². The summed E-state index contributed by atoms with van der Waals surface area (Å²) in [7, 11) is 1.63. The van der Waals surface area contributed by atoms with Crippen LogP contribution in [0, 0.1) is 6.92 Å². The number of methoxy groups -OCH3 is 1. The zero-order valence-electron chi connectivity index (χ0n) is 11.2. The molecule has 2 N–H and O–H groups in total. The van der Waals surface area contributed by atoms with Gasteiger partial charge in [0.05, 0.1) is 28.9 Å². The van der Waals surface area contributed by atoms with Crippen molar-refractivity contribution in [3.8, 4) is 11.4 Å². The van der Waals surface area contributed by atoms with Crippen LogP contribution < -0.4 is 10.5 Å². The Labute approximate surface area is 121 Å². The number of imidazole rings is 1. The monoisotopic (exact) mass is 287 g/mol. The number of rotatable bonds is 2. The lowest BCUT2D eigenvalue weighted by Gasteiger charge is -2.11. The highest BCUT2D eigenvalue weighted by Crippen LogP contribution is 2.30. The van der Waals surface area contributed by atoms with Crippen molar-refractivity contribution in [2.45, 2.75) is 6.92 Å². The van der Waals surface area contributed by atoms with Crippen molar-refractivity contribution < 1.29 is 4.74 Å². The number of aryl methyl sites for hydroxylation is 1. The van der Waals surface area contributed by atoms with Gasteiger partial charge >= 0.3 is 0 Å². The van der Waals surface area contributed by atoms with Crippen molar-refractivity contribution in [1.29, 1.82) is 0 Å². The summed E-state index contributed by atoms with van der Waals surface area (Å²) in [5.74, 6) is 1.60. The molecule has 4 nitrogen and oxygen atoms in total. The number of fused-ring (bicyclic) bond motifs is 1. The number of halogens is 1. The average Bonchev–Trinajstić information content (AvgIpc) is 2.74. The number of benzene rings is 2. The van der Waals surface area contributed by atoms with E-state index in [2.05, 4.69) is 4.98 Å². The lowest BCUT2D eigenvalue weighted by Crippen LogP contribution is -1.98. The minimum Gasteiger partial charge on any atom is -0.497 e. The van der Waals surface area contributed by atoms with E-state index < -0.39 is 0 Å². The molecule has 3 aromatic rings. The summed E-state index contributed by atoms with van der Waals surface area (Å²) in [6.45, 7) is 1.94. The molecule has 0 amide bonds. The van der Waals surface area contributed by atoms with Crippen molar-refractivity contribution in [2.24, 2.45) is 0 Å². The smallest absolute Gasteiger partial charge is 0.121 e. The van der Waals surface area contributed by atoms with Gasteiger partial charge in [-0.25, -0.2) is 4.98 Å². The first kappa shape index (κ1) is 12.8. The van der Waals surface area contributed by atoms with Crippen LogP contribution in [0.4, 0.5) is 5.69 Å². The van der Waals surface area contributed by atoms with Gasteiger partial charge in [0, 0.05) is 11.8 Å². The Bertz CT molecular complexity index is 795. The van der Waals surface area contributed by atoms with Crippen LogP contribution in [0.2, 0.25) is 5.02 Å². The van der Waals surface area contributed by atoms with Crippen molar-refractivity contribution in [1.82, 2.24) is 9.55 Å². The van der Waals surface area contributed by atoms with Gasteiger partial charge in [0.2, 0.25) is 0 Å². The number of ether oxygens (including phenoxy) is 1. The molecule has 5 heteroatoms. The van der Waals surface area contributed by atoms with E-state index in [0.29, 0.717) is 10.7 Å². The van der Waals surface area contributed by atoms with Gasteiger partial charge in [-0.05, 0) is 37.3 Å². The Morgan fingerprint density at radius 3 is 2.75 bits per heavy atom. The van der Waals surface area contributed by atoms with Gasteiger partial charge in [-0.3, -0.25) is 4.57 Å². The number of hydrogen-bond acceptors (Lipinski definition) is 3. The summed E-state index contributed by atoms with van der Waals surface area (Å²) in [4.78, 5) is 4.53. The third-order valence-electron chi connectivity index (χ3n) is 3.24. The molecular formula is C15H14ClN3O. The first-order chi connectivity index (χ1) is 9.60. The number of hydrogen-bond donors (Lipinski definition) is 1. The molecule has 2 aromatic carbocycles. The van der Waals surface area contributed by atoms with E-state index in [-0.39, 0.29) is 0 Å². The maximum atomic E-state index is 6.32. The molecule has 102 valence electrons. The lowest BCUT2D eigenvalue weighted by molar-refractivity contribution is 0.414. The van der Waals surface area contributed by atoms with Crippen molar-refractivity contribution in [3.05, 3.63) is 47.2 Å². The second-order valence-electron chi connectivity index (χ2n) is 4.56. The van der Waals surface area contributed by atoms with Crippen LogP contribution in [-0.4, -0.2) is 16.7 Å². The Kier molecular flexibility index (Phi) is 3.03. The summed E-state index contributed by atoms with van der Waals surface area (Å²) in [5.41, 5.74) is 9.15. The molecule has 0 aliphatic heterocycles. The van der Waals surface area contributed by atoms with Gasteiger partial charge in [0.15, 0.2) is 0 Å². The molecule has 0 saturated heterocycles. The van der Waals surface area contributed by atoms with Crippen molar-refractivity contribution in [3.63, 3.8) is 0 Å². The fraction of sp³-hybridized carbons (Fsp3) is 0.133. The van der Waals surface area contributed by atoms with Gasteiger partial charge in [0.25, 0.3) is 0 Å². The van der Waals surface area contributed by atoms with E-state index in [1.807, 2.05) is 47.9 Å². The van der Waals surface area contributed by atoms with E-state index in [1.165, 1.54) is 0 Å². The number of aromatic nitrogens is 2. The molecule has 0 saturated carbocycles. The summed E-state index contributed by atoms with van der Waals surface area (Å²) in [6, 6.07) is 11.2. The molecule has 0 atom stereocenters. The molecule has 0 aliphatic carbocycles. The zero-order valence-corrected chi connectivity index (χ0v) is 12.0. The highest BCUT2D eigenvalue weighted by Gasteiger charge is 2.13. The summed E-state index contributed by atoms with van der Waals surface area (Å²) in [5, 5.41) is 0.644. The quantitative estimate of drug-likeness (QED) is 0.733. The van der Waals surface area contributed by atoms with Gasteiger partial charge in [0.1, 0.15) is 11.6 Å². The number of nitrogens with zero attached hydrogens (tertiary/aromatic N) is 2. The SMILES string of the molecule is COc1ccc(Cl)c(-n2c(C)nc3cc(N)ccc32)c1. The van der Waals surface area contributed by atoms with Crippen LogP contribution in [0.3, 0.4) is 0 Å². The maximum absolute atomic E-state index is 6.32. The van der Waals surface area contributed by atoms with Crippen LogP contribution in [-0.2, 0) is 0 Å². The minimum atomic E-state index is 0.644. The second kappa shape index (κ2) is 4.72. The van der Waals surface area contributed by atoms with Crippen LogP contribution in [0.1, 0.15) is 5.82 Å². The fourth-order valence-corrected chi connectivity index (χ4v) is 2.51. The van der Waals surface area contributed by atoms with E-state index in [9.17, 15) is 0 Å². The summed E-state index contributed by atoms with van der Waals surface area (Å²) in [6.07, 6.45) is 0. The van der Waals surface area contributed by atoms with Crippen LogP contribution in [0.5, 0.6) is 5.75 Å². The van der Waals surface area contributed by atoms with Crippen molar-refractivity contribution >= 4 is 28.3 Å². The van der Waals surface area contributed by atoms with Gasteiger partial charge < -0.3 is 10.5 Å². The largest absolute Gasteiger partial charge is 0.497 e. The normalized spacial score (nSPS) is 10.9. The molecule has 0 fully saturated rings. The number of anilines is 1. The molecule has 0 aliphatic rings. The average molecular weight is 288 g/mol. The van der Waals surface area contributed by atoms with E-state index in [0.717, 1.165) is 28.3 Å². The molecule has 0 spiro atoms. The number of nitrogen functional groups attached to an aromatic ring is 1. The summed E-state index contributed by atoms with van der Waals surface area (Å²) < 4.78 is 7.27. The topological polar surface area (TPSA) is 53.1 Å². The molecule has 0 bridgehead atoms. The lowest BCUT2D eigenvalue weighted by atomic mass is 10.2. The third-order valence-corrected chi connectivity index (χ3v) is 3.56. The maximum Gasteiger partial charge on any atom is 0.121 e. The molecule has 1 aromatic heterocycles.